The number of hydrogen-bond donors (Lipinski definition) is 0. The fourth-order valence-electron chi connectivity index (χ4n) is 3.25. The Bertz CT molecular complexity index is 534. The van der Waals surface area contributed by atoms with Crippen molar-refractivity contribution in [2.75, 3.05) is 26.3 Å². The van der Waals surface area contributed by atoms with E-state index in [1.165, 1.54) is 0 Å². The third kappa shape index (κ3) is 3.08. The standard InChI is InChI=1S/C17H22ClNO3/c1-2-14(22-15-6-4-3-5-13(15)18)16(20)19-11-17(12-19)7-9-21-10-8-17/h3-6,14H,2,7-12H2,1H3. The molecule has 4 nitrogen and oxygen atoms in total. The third-order valence-corrected chi connectivity index (χ3v) is 4.98. The smallest absolute Gasteiger partial charge is 0.263 e. The van der Waals surface area contributed by atoms with Gasteiger partial charge in [0.25, 0.3) is 5.91 Å². The van der Waals surface area contributed by atoms with Crippen molar-refractivity contribution in [2.45, 2.75) is 32.3 Å². The molecule has 0 N–H and O–H groups in total. The SMILES string of the molecule is CCC(Oc1ccccc1Cl)C(=O)N1CC2(CCOCC2)C1. The molecule has 1 aromatic carbocycles. The van der Waals surface area contributed by atoms with Crippen molar-refractivity contribution in [3.05, 3.63) is 29.3 Å². The molecule has 1 aromatic rings. The summed E-state index contributed by atoms with van der Waals surface area (Å²) < 4.78 is 11.3. The minimum absolute atomic E-state index is 0.0690. The summed E-state index contributed by atoms with van der Waals surface area (Å²) in [5.41, 5.74) is 0.288. The molecule has 0 aromatic heterocycles. The van der Waals surface area contributed by atoms with Crippen LogP contribution in [-0.4, -0.2) is 43.2 Å². The maximum Gasteiger partial charge on any atom is 0.263 e. The zero-order valence-electron chi connectivity index (χ0n) is 12.9. The van der Waals surface area contributed by atoms with Crippen molar-refractivity contribution >= 4 is 17.5 Å². The molecule has 22 heavy (non-hydrogen) atoms. The fourth-order valence-corrected chi connectivity index (χ4v) is 3.43. The molecular weight excluding hydrogens is 302 g/mol. The van der Waals surface area contributed by atoms with Crippen molar-refractivity contribution in [3.63, 3.8) is 0 Å². The molecule has 0 aliphatic carbocycles. The number of nitrogens with zero attached hydrogens (tertiary/aromatic N) is 1. The zero-order valence-corrected chi connectivity index (χ0v) is 13.6. The van der Waals surface area contributed by atoms with Gasteiger partial charge in [0.1, 0.15) is 5.75 Å². The van der Waals surface area contributed by atoms with Crippen LogP contribution in [0.5, 0.6) is 5.75 Å². The molecule has 1 unspecified atom stereocenters. The Hall–Kier alpha value is -1.26. The highest BCUT2D eigenvalue weighted by molar-refractivity contribution is 6.32. The summed E-state index contributed by atoms with van der Waals surface area (Å²) in [6.07, 6.45) is 2.28. The van der Waals surface area contributed by atoms with Gasteiger partial charge in [-0.05, 0) is 31.4 Å². The van der Waals surface area contributed by atoms with E-state index in [2.05, 4.69) is 0 Å². The van der Waals surface area contributed by atoms with Crippen molar-refractivity contribution < 1.29 is 14.3 Å². The average Bonchev–Trinajstić information content (AvgIpc) is 2.52. The molecule has 5 heteroatoms. The Morgan fingerprint density at radius 3 is 2.68 bits per heavy atom. The number of ether oxygens (including phenoxy) is 2. The van der Waals surface area contributed by atoms with Crippen LogP contribution in [0.2, 0.25) is 5.02 Å². The first-order chi connectivity index (χ1) is 10.6. The van der Waals surface area contributed by atoms with Gasteiger partial charge in [-0.1, -0.05) is 30.7 Å². The monoisotopic (exact) mass is 323 g/mol. The lowest BCUT2D eigenvalue weighted by Gasteiger charge is -2.52. The van der Waals surface area contributed by atoms with Crippen LogP contribution in [-0.2, 0) is 9.53 Å². The minimum Gasteiger partial charge on any atom is -0.479 e. The number of halogens is 1. The van der Waals surface area contributed by atoms with Crippen LogP contribution in [0.15, 0.2) is 24.3 Å². The number of amides is 1. The van der Waals surface area contributed by atoms with Crippen LogP contribution < -0.4 is 4.74 Å². The number of carbonyl (C=O) groups excluding carboxylic acids is 1. The summed E-state index contributed by atoms with van der Waals surface area (Å²) in [4.78, 5) is 14.5. The van der Waals surface area contributed by atoms with Gasteiger partial charge in [-0.25, -0.2) is 0 Å². The lowest BCUT2D eigenvalue weighted by Crippen LogP contribution is -2.62. The van der Waals surface area contributed by atoms with E-state index >= 15 is 0 Å². The van der Waals surface area contributed by atoms with Crippen molar-refractivity contribution in [3.8, 4) is 5.75 Å². The number of hydrogen-bond acceptors (Lipinski definition) is 3. The number of para-hydroxylation sites is 1. The summed E-state index contributed by atoms with van der Waals surface area (Å²) in [5, 5.41) is 0.540. The van der Waals surface area contributed by atoms with Gasteiger partial charge in [0.2, 0.25) is 0 Å². The maximum absolute atomic E-state index is 12.6. The molecule has 2 heterocycles. The average molecular weight is 324 g/mol. The Labute approximate surface area is 136 Å². The van der Waals surface area contributed by atoms with Gasteiger partial charge < -0.3 is 14.4 Å². The number of rotatable bonds is 4. The van der Waals surface area contributed by atoms with Gasteiger partial charge in [0.05, 0.1) is 5.02 Å². The van der Waals surface area contributed by atoms with Gasteiger partial charge in [-0.2, -0.15) is 0 Å². The molecule has 0 radical (unpaired) electrons. The highest BCUT2D eigenvalue weighted by atomic mass is 35.5. The van der Waals surface area contributed by atoms with Gasteiger partial charge in [0, 0.05) is 31.7 Å². The van der Waals surface area contributed by atoms with Crippen LogP contribution in [0.1, 0.15) is 26.2 Å². The Kier molecular flexibility index (Phi) is 4.59. The van der Waals surface area contributed by atoms with Gasteiger partial charge in [-0.3, -0.25) is 4.79 Å². The van der Waals surface area contributed by atoms with Crippen LogP contribution in [0.4, 0.5) is 0 Å². The molecule has 2 aliphatic heterocycles. The second-order valence-electron chi connectivity index (χ2n) is 6.25. The second kappa shape index (κ2) is 6.47. The molecule has 0 bridgehead atoms. The highest BCUT2D eigenvalue weighted by Crippen LogP contribution is 2.40. The summed E-state index contributed by atoms with van der Waals surface area (Å²) in [7, 11) is 0. The number of carbonyl (C=O) groups is 1. The fraction of sp³-hybridized carbons (Fsp3) is 0.588. The normalized spacial score (nSPS) is 21.3. The van der Waals surface area contributed by atoms with Crippen LogP contribution in [0.25, 0.3) is 0 Å². The summed E-state index contributed by atoms with van der Waals surface area (Å²) in [6.45, 7) is 5.25. The summed E-state index contributed by atoms with van der Waals surface area (Å²) in [6, 6.07) is 7.28. The van der Waals surface area contributed by atoms with E-state index in [0.29, 0.717) is 17.2 Å². The molecule has 3 rings (SSSR count). The van der Waals surface area contributed by atoms with E-state index in [9.17, 15) is 4.79 Å². The van der Waals surface area contributed by atoms with Gasteiger partial charge in [0.15, 0.2) is 6.10 Å². The van der Waals surface area contributed by atoms with E-state index in [4.69, 9.17) is 21.1 Å². The predicted molar refractivity (Wildman–Crippen MR) is 85.2 cm³/mol. The summed E-state index contributed by atoms with van der Waals surface area (Å²) >= 11 is 6.11. The molecule has 1 atom stereocenters. The number of benzene rings is 1. The minimum atomic E-state index is -0.461. The Morgan fingerprint density at radius 1 is 1.36 bits per heavy atom. The van der Waals surface area contributed by atoms with E-state index in [0.717, 1.165) is 39.1 Å². The zero-order chi connectivity index (χ0) is 15.6. The van der Waals surface area contributed by atoms with Crippen molar-refractivity contribution in [1.29, 1.82) is 0 Å². The lowest BCUT2D eigenvalue weighted by atomic mass is 9.73. The molecule has 2 saturated heterocycles. The highest BCUT2D eigenvalue weighted by Gasteiger charge is 2.47. The summed E-state index contributed by atoms with van der Waals surface area (Å²) in [5.74, 6) is 0.644. The maximum atomic E-state index is 12.6. The van der Waals surface area contributed by atoms with Gasteiger partial charge >= 0.3 is 0 Å². The molecule has 2 aliphatic rings. The van der Waals surface area contributed by atoms with Crippen LogP contribution in [0.3, 0.4) is 0 Å². The molecule has 2 fully saturated rings. The molecule has 120 valence electrons. The quantitative estimate of drug-likeness (QED) is 0.854. The topological polar surface area (TPSA) is 38.8 Å². The number of likely N-dealkylation sites (tertiary alicyclic amines) is 1. The third-order valence-electron chi connectivity index (χ3n) is 4.67. The Balaban J connectivity index is 1.60. The lowest BCUT2D eigenvalue weighted by molar-refractivity contribution is -0.157. The predicted octanol–water partition coefficient (Wildman–Crippen LogP) is 3.14. The molecular formula is C17H22ClNO3. The Morgan fingerprint density at radius 2 is 2.05 bits per heavy atom. The first-order valence-electron chi connectivity index (χ1n) is 7.91. The molecule has 1 amide bonds. The van der Waals surface area contributed by atoms with E-state index in [1.54, 1.807) is 12.1 Å². The van der Waals surface area contributed by atoms with E-state index < -0.39 is 6.10 Å². The van der Waals surface area contributed by atoms with Crippen LogP contribution in [0, 0.1) is 5.41 Å². The van der Waals surface area contributed by atoms with Gasteiger partial charge in [-0.15, -0.1) is 0 Å². The second-order valence-corrected chi connectivity index (χ2v) is 6.66. The molecule has 1 spiro atoms. The van der Waals surface area contributed by atoms with E-state index in [-0.39, 0.29) is 11.3 Å². The van der Waals surface area contributed by atoms with Crippen molar-refractivity contribution in [2.24, 2.45) is 5.41 Å². The first kappa shape index (κ1) is 15.6. The van der Waals surface area contributed by atoms with Crippen LogP contribution >= 0.6 is 11.6 Å². The largest absolute Gasteiger partial charge is 0.479 e. The first-order valence-corrected chi connectivity index (χ1v) is 8.29. The van der Waals surface area contributed by atoms with E-state index in [1.807, 2.05) is 24.0 Å². The van der Waals surface area contributed by atoms with Crippen molar-refractivity contribution in [1.82, 2.24) is 4.90 Å². The molecule has 0 saturated carbocycles.